The van der Waals surface area contributed by atoms with E-state index in [-0.39, 0.29) is 0 Å². The highest BCUT2D eigenvalue weighted by Gasteiger charge is 2.04. The number of rotatable bonds is 2. The van der Waals surface area contributed by atoms with E-state index in [9.17, 15) is 0 Å². The van der Waals surface area contributed by atoms with Gasteiger partial charge in [0.2, 0.25) is 0 Å². The van der Waals surface area contributed by atoms with Crippen molar-refractivity contribution < 1.29 is 0 Å². The third-order valence-corrected chi connectivity index (χ3v) is 3.70. The van der Waals surface area contributed by atoms with Crippen molar-refractivity contribution in [1.82, 2.24) is 9.97 Å². The van der Waals surface area contributed by atoms with Crippen LogP contribution >= 0.6 is 31.9 Å². The zero-order chi connectivity index (χ0) is 13.2. The lowest BCUT2D eigenvalue weighted by atomic mass is 10.2. The van der Waals surface area contributed by atoms with Crippen molar-refractivity contribution in [2.45, 2.75) is 0 Å². The number of fused-ring (bicyclic) bond motifs is 1. The van der Waals surface area contributed by atoms with Gasteiger partial charge in [-0.1, -0.05) is 18.2 Å². The molecule has 0 bridgehead atoms. The highest BCUT2D eigenvalue weighted by atomic mass is 79.9. The third kappa shape index (κ3) is 2.77. The minimum absolute atomic E-state index is 0.764. The van der Waals surface area contributed by atoms with Crippen LogP contribution < -0.4 is 5.32 Å². The molecule has 1 aromatic carbocycles. The summed E-state index contributed by atoms with van der Waals surface area (Å²) in [4.78, 5) is 8.73. The first-order valence-electron chi connectivity index (χ1n) is 5.65. The third-order valence-electron chi connectivity index (χ3n) is 2.66. The molecule has 1 N–H and O–H groups in total. The zero-order valence-corrected chi connectivity index (χ0v) is 12.9. The van der Waals surface area contributed by atoms with Crippen LogP contribution in [0.5, 0.6) is 0 Å². The number of hydrogen-bond acceptors (Lipinski definition) is 3. The number of para-hydroxylation sites is 1. The van der Waals surface area contributed by atoms with Gasteiger partial charge in [-0.2, -0.15) is 0 Å². The van der Waals surface area contributed by atoms with Crippen molar-refractivity contribution >= 4 is 54.3 Å². The van der Waals surface area contributed by atoms with Gasteiger partial charge in [-0.15, -0.1) is 0 Å². The summed E-state index contributed by atoms with van der Waals surface area (Å²) >= 11 is 6.86. The Morgan fingerprint density at radius 3 is 2.63 bits per heavy atom. The van der Waals surface area contributed by atoms with Gasteiger partial charge in [0.05, 0.1) is 21.9 Å². The molecular formula is C14H9Br2N3. The average Bonchev–Trinajstić information content (AvgIpc) is 2.42. The Morgan fingerprint density at radius 2 is 1.79 bits per heavy atom. The summed E-state index contributed by atoms with van der Waals surface area (Å²) in [6, 6.07) is 12.0. The van der Waals surface area contributed by atoms with E-state index in [2.05, 4.69) is 53.2 Å². The van der Waals surface area contributed by atoms with E-state index in [1.54, 1.807) is 12.4 Å². The molecule has 0 atom stereocenters. The number of nitrogens with zero attached hydrogens (tertiary/aromatic N) is 2. The molecule has 0 aliphatic carbocycles. The van der Waals surface area contributed by atoms with Crippen LogP contribution in [0.2, 0.25) is 0 Å². The van der Waals surface area contributed by atoms with Crippen LogP contribution in [-0.4, -0.2) is 9.97 Å². The second kappa shape index (κ2) is 5.27. The molecular weight excluding hydrogens is 370 g/mol. The molecule has 94 valence electrons. The Balaban J connectivity index is 1.96. The SMILES string of the molecule is Brc1cnc(Nc2cnc3ccccc3c2)c(Br)c1. The number of anilines is 2. The van der Waals surface area contributed by atoms with Crippen LogP contribution in [0, 0.1) is 0 Å². The second-order valence-corrected chi connectivity index (χ2v) is 5.80. The van der Waals surface area contributed by atoms with Crippen LogP contribution in [0.1, 0.15) is 0 Å². The molecule has 0 saturated carbocycles. The fraction of sp³-hybridized carbons (Fsp3) is 0. The Morgan fingerprint density at radius 1 is 0.947 bits per heavy atom. The van der Waals surface area contributed by atoms with Crippen LogP contribution in [0.3, 0.4) is 0 Å². The first-order chi connectivity index (χ1) is 9.22. The molecule has 3 aromatic rings. The van der Waals surface area contributed by atoms with E-state index >= 15 is 0 Å². The predicted octanol–water partition coefficient (Wildman–Crippen LogP) is 4.90. The lowest BCUT2D eigenvalue weighted by Gasteiger charge is -2.08. The smallest absolute Gasteiger partial charge is 0.144 e. The zero-order valence-electron chi connectivity index (χ0n) is 9.77. The molecule has 0 radical (unpaired) electrons. The molecule has 0 fully saturated rings. The topological polar surface area (TPSA) is 37.8 Å². The minimum Gasteiger partial charge on any atom is -0.338 e. The fourth-order valence-electron chi connectivity index (χ4n) is 1.78. The van der Waals surface area contributed by atoms with E-state index in [1.807, 2.05) is 30.3 Å². The molecule has 5 heteroatoms. The first-order valence-corrected chi connectivity index (χ1v) is 7.24. The van der Waals surface area contributed by atoms with Crippen molar-refractivity contribution in [3.05, 3.63) is 57.7 Å². The summed E-state index contributed by atoms with van der Waals surface area (Å²) < 4.78 is 1.83. The number of aromatic nitrogens is 2. The number of nitrogens with one attached hydrogen (secondary N) is 1. The monoisotopic (exact) mass is 377 g/mol. The number of hydrogen-bond donors (Lipinski definition) is 1. The van der Waals surface area contributed by atoms with E-state index in [1.165, 1.54) is 0 Å². The lowest BCUT2D eigenvalue weighted by Crippen LogP contribution is -1.95. The summed E-state index contributed by atoms with van der Waals surface area (Å²) in [6.07, 6.45) is 3.56. The summed E-state index contributed by atoms with van der Waals surface area (Å²) in [5, 5.41) is 4.35. The Bertz CT molecular complexity index is 744. The van der Waals surface area contributed by atoms with E-state index in [0.717, 1.165) is 31.4 Å². The molecule has 0 spiro atoms. The molecule has 19 heavy (non-hydrogen) atoms. The summed E-state index contributed by atoms with van der Waals surface area (Å²) in [5.41, 5.74) is 1.89. The predicted molar refractivity (Wildman–Crippen MR) is 84.7 cm³/mol. The molecule has 2 heterocycles. The van der Waals surface area contributed by atoms with Gasteiger partial charge >= 0.3 is 0 Å². The van der Waals surface area contributed by atoms with E-state index in [0.29, 0.717) is 0 Å². The van der Waals surface area contributed by atoms with Crippen molar-refractivity contribution in [3.8, 4) is 0 Å². The molecule has 0 amide bonds. The fourth-order valence-corrected chi connectivity index (χ4v) is 2.87. The molecule has 0 aliphatic rings. The molecule has 2 aromatic heterocycles. The maximum absolute atomic E-state index is 4.41. The Hall–Kier alpha value is -1.46. The van der Waals surface area contributed by atoms with Crippen molar-refractivity contribution in [1.29, 1.82) is 0 Å². The van der Waals surface area contributed by atoms with Gasteiger partial charge in [0.25, 0.3) is 0 Å². The maximum atomic E-state index is 4.41. The lowest BCUT2D eigenvalue weighted by molar-refractivity contribution is 1.27. The molecule has 0 unspecified atom stereocenters. The van der Waals surface area contributed by atoms with Gasteiger partial charge in [0.1, 0.15) is 5.82 Å². The summed E-state index contributed by atoms with van der Waals surface area (Å²) in [5.74, 6) is 0.764. The Kier molecular flexibility index (Phi) is 3.48. The largest absolute Gasteiger partial charge is 0.338 e. The minimum atomic E-state index is 0.764. The van der Waals surface area contributed by atoms with E-state index in [4.69, 9.17) is 0 Å². The average molecular weight is 379 g/mol. The summed E-state index contributed by atoms with van der Waals surface area (Å²) in [6.45, 7) is 0. The van der Waals surface area contributed by atoms with E-state index < -0.39 is 0 Å². The highest BCUT2D eigenvalue weighted by Crippen LogP contribution is 2.27. The molecule has 0 saturated heterocycles. The van der Waals surface area contributed by atoms with Gasteiger partial charge in [0, 0.05) is 16.1 Å². The molecule has 3 nitrogen and oxygen atoms in total. The maximum Gasteiger partial charge on any atom is 0.144 e. The van der Waals surface area contributed by atoms with Crippen molar-refractivity contribution in [2.24, 2.45) is 0 Å². The van der Waals surface area contributed by atoms with Crippen LogP contribution in [0.4, 0.5) is 11.5 Å². The van der Waals surface area contributed by atoms with Crippen LogP contribution in [0.25, 0.3) is 10.9 Å². The van der Waals surface area contributed by atoms with Gasteiger partial charge < -0.3 is 5.32 Å². The van der Waals surface area contributed by atoms with Crippen LogP contribution in [-0.2, 0) is 0 Å². The van der Waals surface area contributed by atoms with Crippen LogP contribution in [0.15, 0.2) is 57.7 Å². The van der Waals surface area contributed by atoms with Gasteiger partial charge in [-0.25, -0.2) is 4.98 Å². The number of halogens is 2. The number of benzene rings is 1. The van der Waals surface area contributed by atoms with Crippen molar-refractivity contribution in [3.63, 3.8) is 0 Å². The summed E-state index contributed by atoms with van der Waals surface area (Å²) in [7, 11) is 0. The standard InChI is InChI=1S/C14H9Br2N3/c15-10-6-12(16)14(18-7-10)19-11-5-9-3-1-2-4-13(9)17-8-11/h1-8H,(H,18,19). The normalized spacial score (nSPS) is 10.6. The highest BCUT2D eigenvalue weighted by molar-refractivity contribution is 9.11. The Labute approximate surface area is 127 Å². The number of pyridine rings is 2. The van der Waals surface area contributed by atoms with Gasteiger partial charge in [0.15, 0.2) is 0 Å². The quantitative estimate of drug-likeness (QED) is 0.689. The molecule has 3 rings (SSSR count). The van der Waals surface area contributed by atoms with Crippen molar-refractivity contribution in [2.75, 3.05) is 5.32 Å². The van der Waals surface area contributed by atoms with Gasteiger partial charge in [-0.05, 0) is 50.1 Å². The second-order valence-electron chi connectivity index (χ2n) is 4.03. The van der Waals surface area contributed by atoms with Gasteiger partial charge in [-0.3, -0.25) is 4.98 Å². The molecule has 0 aliphatic heterocycles. The first kappa shape index (κ1) is 12.6.